The van der Waals surface area contributed by atoms with Gasteiger partial charge in [-0.3, -0.25) is 4.79 Å². The number of carboxylic acid groups (broad SMARTS) is 1. The van der Waals surface area contributed by atoms with E-state index < -0.39 is 5.97 Å². The highest BCUT2D eigenvalue weighted by molar-refractivity contribution is 9.10. The lowest BCUT2D eigenvalue weighted by Crippen LogP contribution is -1.95. The fraction of sp³-hybridized carbons (Fsp3) is 0.154. The number of halogens is 1. The maximum absolute atomic E-state index is 10.5. The van der Waals surface area contributed by atoms with Crippen molar-refractivity contribution in [3.05, 3.63) is 45.7 Å². The highest BCUT2D eigenvalue weighted by atomic mass is 79.9. The van der Waals surface area contributed by atoms with Gasteiger partial charge in [0.2, 0.25) is 0 Å². The van der Waals surface area contributed by atoms with Gasteiger partial charge in [-0.1, -0.05) is 28.1 Å². The number of thiophene rings is 1. The van der Waals surface area contributed by atoms with E-state index in [0.29, 0.717) is 6.42 Å². The second-order valence-corrected chi connectivity index (χ2v) is 5.55. The minimum absolute atomic E-state index is 0.191. The predicted molar refractivity (Wildman–Crippen MR) is 73.4 cm³/mol. The summed E-state index contributed by atoms with van der Waals surface area (Å²) in [6, 6.07) is 10.2. The minimum Gasteiger partial charge on any atom is -0.481 e. The van der Waals surface area contributed by atoms with E-state index in [-0.39, 0.29) is 6.42 Å². The van der Waals surface area contributed by atoms with Gasteiger partial charge in [-0.05, 0) is 41.1 Å². The summed E-state index contributed by atoms with van der Waals surface area (Å²) < 4.78 is 1.06. The van der Waals surface area contributed by atoms with Crippen molar-refractivity contribution in [3.63, 3.8) is 0 Å². The Balaban J connectivity index is 2.12. The normalized spacial score (nSPS) is 10.4. The van der Waals surface area contributed by atoms with Gasteiger partial charge in [0.05, 0.1) is 0 Å². The molecule has 0 saturated carbocycles. The van der Waals surface area contributed by atoms with Crippen molar-refractivity contribution in [2.24, 2.45) is 0 Å². The molecule has 0 aliphatic rings. The van der Waals surface area contributed by atoms with Crippen LogP contribution in [0.4, 0.5) is 0 Å². The molecule has 0 amide bonds. The van der Waals surface area contributed by atoms with E-state index in [1.54, 1.807) is 11.3 Å². The molecule has 2 rings (SSSR count). The summed E-state index contributed by atoms with van der Waals surface area (Å²) in [7, 11) is 0. The number of aliphatic carboxylic acids is 1. The molecule has 1 heterocycles. The fourth-order valence-corrected chi connectivity index (χ4v) is 2.74. The molecular formula is C13H11BrO2S. The Bertz CT molecular complexity index is 516. The van der Waals surface area contributed by atoms with Gasteiger partial charge in [-0.2, -0.15) is 0 Å². The molecule has 2 aromatic rings. The quantitative estimate of drug-likeness (QED) is 0.919. The van der Waals surface area contributed by atoms with Crippen molar-refractivity contribution < 1.29 is 9.90 Å². The lowest BCUT2D eigenvalue weighted by atomic mass is 10.1. The third-order valence-electron chi connectivity index (χ3n) is 2.41. The van der Waals surface area contributed by atoms with Gasteiger partial charge >= 0.3 is 5.97 Å². The molecule has 0 aliphatic carbocycles. The molecule has 1 aromatic heterocycles. The first kappa shape index (κ1) is 12.3. The van der Waals surface area contributed by atoms with Gasteiger partial charge in [0.15, 0.2) is 0 Å². The molecular weight excluding hydrogens is 300 g/mol. The summed E-state index contributed by atoms with van der Waals surface area (Å²) in [5.74, 6) is -0.749. The molecule has 1 N–H and O–H groups in total. The third kappa shape index (κ3) is 3.41. The molecule has 0 atom stereocenters. The summed E-state index contributed by atoms with van der Waals surface area (Å²) in [5.41, 5.74) is 2.26. The lowest BCUT2D eigenvalue weighted by molar-refractivity contribution is -0.136. The van der Waals surface area contributed by atoms with E-state index in [1.807, 2.05) is 17.5 Å². The van der Waals surface area contributed by atoms with Crippen LogP contribution in [0, 0.1) is 0 Å². The summed E-state index contributed by atoms with van der Waals surface area (Å²) in [5, 5.41) is 10.7. The van der Waals surface area contributed by atoms with Crippen molar-refractivity contribution in [1.82, 2.24) is 0 Å². The van der Waals surface area contributed by atoms with Crippen LogP contribution in [0.3, 0.4) is 0 Å². The summed E-state index contributed by atoms with van der Waals surface area (Å²) in [4.78, 5) is 11.7. The number of aryl methyl sites for hydroxylation is 1. The van der Waals surface area contributed by atoms with Crippen molar-refractivity contribution in [3.8, 4) is 10.4 Å². The first-order valence-electron chi connectivity index (χ1n) is 5.20. The fourth-order valence-electron chi connectivity index (χ4n) is 1.52. The SMILES string of the molecule is O=C(O)CCc1csc(-c2ccc(Br)cc2)c1. The van der Waals surface area contributed by atoms with Crippen LogP contribution in [-0.4, -0.2) is 11.1 Å². The zero-order valence-electron chi connectivity index (χ0n) is 9.02. The topological polar surface area (TPSA) is 37.3 Å². The van der Waals surface area contributed by atoms with Crippen LogP contribution in [0.2, 0.25) is 0 Å². The summed E-state index contributed by atoms with van der Waals surface area (Å²) in [6.45, 7) is 0. The molecule has 0 aliphatic heterocycles. The highest BCUT2D eigenvalue weighted by Crippen LogP contribution is 2.28. The standard InChI is InChI=1S/C13H11BrO2S/c14-11-4-2-10(3-5-11)12-7-9(8-17-12)1-6-13(15)16/h2-5,7-8H,1,6H2,(H,15,16). The molecule has 1 aromatic carbocycles. The van der Waals surface area contributed by atoms with Gasteiger partial charge in [0.1, 0.15) is 0 Å². The largest absolute Gasteiger partial charge is 0.481 e. The average molecular weight is 311 g/mol. The molecule has 0 fully saturated rings. The van der Waals surface area contributed by atoms with E-state index in [0.717, 1.165) is 10.0 Å². The predicted octanol–water partition coefficient (Wildman–Crippen LogP) is 4.19. The van der Waals surface area contributed by atoms with Gasteiger partial charge < -0.3 is 5.11 Å². The van der Waals surface area contributed by atoms with E-state index in [9.17, 15) is 4.79 Å². The number of carboxylic acids is 1. The summed E-state index contributed by atoms with van der Waals surface area (Å²) >= 11 is 5.05. The summed E-state index contributed by atoms with van der Waals surface area (Å²) in [6.07, 6.45) is 0.791. The van der Waals surface area contributed by atoms with Gasteiger partial charge in [-0.15, -0.1) is 11.3 Å². The molecule has 4 heteroatoms. The minimum atomic E-state index is -0.749. The van der Waals surface area contributed by atoms with E-state index >= 15 is 0 Å². The Kier molecular flexibility index (Phi) is 3.97. The number of carbonyl (C=O) groups is 1. The molecule has 88 valence electrons. The highest BCUT2D eigenvalue weighted by Gasteiger charge is 2.04. The molecule has 0 unspecified atom stereocenters. The first-order chi connectivity index (χ1) is 8.15. The van der Waals surface area contributed by atoms with E-state index in [2.05, 4.69) is 34.1 Å². The zero-order valence-corrected chi connectivity index (χ0v) is 11.4. The number of hydrogen-bond donors (Lipinski definition) is 1. The first-order valence-corrected chi connectivity index (χ1v) is 6.87. The van der Waals surface area contributed by atoms with Crippen LogP contribution in [-0.2, 0) is 11.2 Å². The Morgan fingerprint density at radius 2 is 2.00 bits per heavy atom. The van der Waals surface area contributed by atoms with Crippen LogP contribution in [0.5, 0.6) is 0 Å². The Morgan fingerprint density at radius 3 is 2.65 bits per heavy atom. The van der Waals surface area contributed by atoms with Crippen molar-refractivity contribution in [2.75, 3.05) is 0 Å². The van der Waals surface area contributed by atoms with Crippen molar-refractivity contribution in [2.45, 2.75) is 12.8 Å². The van der Waals surface area contributed by atoms with Crippen LogP contribution >= 0.6 is 27.3 Å². The molecule has 2 nitrogen and oxygen atoms in total. The maximum Gasteiger partial charge on any atom is 0.303 e. The van der Waals surface area contributed by atoms with Crippen LogP contribution in [0.25, 0.3) is 10.4 Å². The third-order valence-corrected chi connectivity index (χ3v) is 3.97. The second kappa shape index (κ2) is 5.47. The van der Waals surface area contributed by atoms with Crippen molar-refractivity contribution in [1.29, 1.82) is 0 Å². The Labute approximate surface area is 112 Å². The van der Waals surface area contributed by atoms with E-state index in [1.165, 1.54) is 10.4 Å². The number of hydrogen-bond acceptors (Lipinski definition) is 2. The Morgan fingerprint density at radius 1 is 1.29 bits per heavy atom. The molecule has 0 bridgehead atoms. The second-order valence-electron chi connectivity index (χ2n) is 3.72. The van der Waals surface area contributed by atoms with Crippen LogP contribution in [0.1, 0.15) is 12.0 Å². The monoisotopic (exact) mass is 310 g/mol. The molecule has 0 radical (unpaired) electrons. The van der Waals surface area contributed by atoms with Gasteiger partial charge in [-0.25, -0.2) is 0 Å². The molecule has 0 saturated heterocycles. The average Bonchev–Trinajstić information content (AvgIpc) is 2.76. The number of benzene rings is 1. The van der Waals surface area contributed by atoms with Crippen LogP contribution in [0.15, 0.2) is 40.2 Å². The van der Waals surface area contributed by atoms with Gasteiger partial charge in [0, 0.05) is 15.8 Å². The molecule has 0 spiro atoms. The zero-order chi connectivity index (χ0) is 12.3. The number of rotatable bonds is 4. The lowest BCUT2D eigenvalue weighted by Gasteiger charge is -1.97. The van der Waals surface area contributed by atoms with Crippen molar-refractivity contribution >= 4 is 33.2 Å². The smallest absolute Gasteiger partial charge is 0.303 e. The maximum atomic E-state index is 10.5. The Hall–Kier alpha value is -1.13. The van der Waals surface area contributed by atoms with Crippen LogP contribution < -0.4 is 0 Å². The molecule has 17 heavy (non-hydrogen) atoms. The van der Waals surface area contributed by atoms with E-state index in [4.69, 9.17) is 5.11 Å². The van der Waals surface area contributed by atoms with Gasteiger partial charge in [0.25, 0.3) is 0 Å².